The number of rotatable bonds is 6. The Morgan fingerprint density at radius 2 is 1.86 bits per heavy atom. The minimum atomic E-state index is 0.406. The maximum Gasteiger partial charge on any atom is 0.132 e. The summed E-state index contributed by atoms with van der Waals surface area (Å²) in [6.45, 7) is 9.09. The molecule has 0 saturated carbocycles. The third kappa shape index (κ3) is 4.74. The highest BCUT2D eigenvalue weighted by Gasteiger charge is 2.04. The minimum absolute atomic E-state index is 0.406. The van der Waals surface area contributed by atoms with Crippen molar-refractivity contribution in [3.05, 3.63) is 47.3 Å². The molecule has 21 heavy (non-hydrogen) atoms. The van der Waals surface area contributed by atoms with Crippen LogP contribution in [-0.4, -0.2) is 16.0 Å². The summed E-state index contributed by atoms with van der Waals surface area (Å²) in [4.78, 5) is 8.87. The standard InChI is InChI=1S/C17H24N4/c1-5-13(3)19-17-10-16(20-14(4)21-17)18-11-15-8-6-7-12(2)9-15/h6-10,13H,5,11H2,1-4H3,(H2,18,19,20,21). The molecule has 0 aliphatic heterocycles. The van der Waals surface area contributed by atoms with Gasteiger partial charge in [0.05, 0.1) is 0 Å². The lowest BCUT2D eigenvalue weighted by Gasteiger charge is -2.14. The second kappa shape index (κ2) is 7.07. The first-order valence-electron chi connectivity index (χ1n) is 7.48. The molecule has 0 radical (unpaired) electrons. The van der Waals surface area contributed by atoms with Crippen molar-refractivity contribution in [2.45, 2.75) is 46.7 Å². The lowest BCUT2D eigenvalue weighted by molar-refractivity contribution is 0.757. The van der Waals surface area contributed by atoms with E-state index in [0.29, 0.717) is 6.04 Å². The first-order valence-corrected chi connectivity index (χ1v) is 7.48. The van der Waals surface area contributed by atoms with Gasteiger partial charge in [-0.2, -0.15) is 0 Å². The van der Waals surface area contributed by atoms with Crippen molar-refractivity contribution in [1.82, 2.24) is 9.97 Å². The van der Waals surface area contributed by atoms with Gasteiger partial charge in [0.25, 0.3) is 0 Å². The second-order valence-corrected chi connectivity index (χ2v) is 5.48. The molecule has 2 N–H and O–H groups in total. The monoisotopic (exact) mass is 284 g/mol. The Kier molecular flexibility index (Phi) is 5.14. The Balaban J connectivity index is 2.06. The fourth-order valence-corrected chi connectivity index (χ4v) is 2.10. The first kappa shape index (κ1) is 15.3. The molecule has 0 bridgehead atoms. The number of hydrogen-bond acceptors (Lipinski definition) is 4. The number of nitrogens with one attached hydrogen (secondary N) is 2. The average molecular weight is 284 g/mol. The summed E-state index contributed by atoms with van der Waals surface area (Å²) >= 11 is 0. The van der Waals surface area contributed by atoms with Crippen molar-refractivity contribution < 1.29 is 0 Å². The van der Waals surface area contributed by atoms with Crippen molar-refractivity contribution in [2.75, 3.05) is 10.6 Å². The molecule has 0 fully saturated rings. The van der Waals surface area contributed by atoms with Crippen molar-refractivity contribution in [3.8, 4) is 0 Å². The number of nitrogens with zero attached hydrogens (tertiary/aromatic N) is 2. The van der Waals surface area contributed by atoms with Crippen LogP contribution >= 0.6 is 0 Å². The van der Waals surface area contributed by atoms with Crippen LogP contribution < -0.4 is 10.6 Å². The van der Waals surface area contributed by atoms with E-state index in [0.717, 1.165) is 30.4 Å². The zero-order chi connectivity index (χ0) is 15.2. The summed E-state index contributed by atoms with van der Waals surface area (Å²) in [6.07, 6.45) is 1.06. The number of anilines is 2. The van der Waals surface area contributed by atoms with E-state index in [1.807, 2.05) is 13.0 Å². The van der Waals surface area contributed by atoms with Crippen LogP contribution in [0.4, 0.5) is 11.6 Å². The minimum Gasteiger partial charge on any atom is -0.367 e. The Morgan fingerprint density at radius 1 is 1.10 bits per heavy atom. The summed E-state index contributed by atoms with van der Waals surface area (Å²) in [7, 11) is 0. The SMILES string of the molecule is CCC(C)Nc1cc(NCc2cccc(C)c2)nc(C)n1. The average Bonchev–Trinajstić information content (AvgIpc) is 2.44. The highest BCUT2D eigenvalue weighted by atomic mass is 15.1. The maximum absolute atomic E-state index is 4.44. The summed E-state index contributed by atoms with van der Waals surface area (Å²) < 4.78 is 0. The zero-order valence-electron chi connectivity index (χ0n) is 13.3. The van der Waals surface area contributed by atoms with E-state index >= 15 is 0 Å². The second-order valence-electron chi connectivity index (χ2n) is 5.48. The van der Waals surface area contributed by atoms with Gasteiger partial charge in [0, 0.05) is 18.7 Å². The molecule has 1 aromatic heterocycles. The van der Waals surface area contributed by atoms with Gasteiger partial charge >= 0.3 is 0 Å². The summed E-state index contributed by atoms with van der Waals surface area (Å²) in [5.41, 5.74) is 2.52. The van der Waals surface area contributed by atoms with E-state index in [1.54, 1.807) is 0 Å². The molecule has 2 rings (SSSR count). The van der Waals surface area contributed by atoms with E-state index in [1.165, 1.54) is 11.1 Å². The van der Waals surface area contributed by atoms with Crippen LogP contribution in [0.15, 0.2) is 30.3 Å². The van der Waals surface area contributed by atoms with Crippen molar-refractivity contribution >= 4 is 11.6 Å². The molecule has 4 nitrogen and oxygen atoms in total. The van der Waals surface area contributed by atoms with Crippen LogP contribution in [0, 0.1) is 13.8 Å². The van der Waals surface area contributed by atoms with E-state index in [4.69, 9.17) is 0 Å². The number of aryl methyl sites for hydroxylation is 2. The zero-order valence-corrected chi connectivity index (χ0v) is 13.3. The van der Waals surface area contributed by atoms with Crippen molar-refractivity contribution in [2.24, 2.45) is 0 Å². The number of aromatic nitrogens is 2. The van der Waals surface area contributed by atoms with Gasteiger partial charge in [-0.1, -0.05) is 36.8 Å². The van der Waals surface area contributed by atoms with Crippen LogP contribution in [0.5, 0.6) is 0 Å². The van der Waals surface area contributed by atoms with Crippen molar-refractivity contribution in [3.63, 3.8) is 0 Å². The number of benzene rings is 1. The normalized spacial score (nSPS) is 12.0. The molecular formula is C17H24N4. The van der Waals surface area contributed by atoms with Crippen LogP contribution in [0.3, 0.4) is 0 Å². The van der Waals surface area contributed by atoms with Gasteiger partial charge in [0.1, 0.15) is 17.5 Å². The van der Waals surface area contributed by atoms with E-state index < -0.39 is 0 Å². The third-order valence-electron chi connectivity index (χ3n) is 3.40. The molecule has 1 aromatic carbocycles. The molecular weight excluding hydrogens is 260 g/mol. The largest absolute Gasteiger partial charge is 0.367 e. The fourth-order valence-electron chi connectivity index (χ4n) is 2.10. The van der Waals surface area contributed by atoms with Gasteiger partial charge in [-0.3, -0.25) is 0 Å². The van der Waals surface area contributed by atoms with Crippen LogP contribution in [0.25, 0.3) is 0 Å². The van der Waals surface area contributed by atoms with Crippen LogP contribution in [0.1, 0.15) is 37.2 Å². The van der Waals surface area contributed by atoms with Gasteiger partial charge in [-0.05, 0) is 32.8 Å². The predicted octanol–water partition coefficient (Wildman–Crippen LogP) is 3.92. The molecule has 0 saturated heterocycles. The lowest BCUT2D eigenvalue weighted by atomic mass is 10.1. The predicted molar refractivity (Wildman–Crippen MR) is 88.7 cm³/mol. The molecule has 0 amide bonds. The molecule has 1 unspecified atom stereocenters. The molecule has 2 aromatic rings. The van der Waals surface area contributed by atoms with Crippen molar-refractivity contribution in [1.29, 1.82) is 0 Å². The number of hydrogen-bond donors (Lipinski definition) is 2. The van der Waals surface area contributed by atoms with Gasteiger partial charge in [-0.25, -0.2) is 9.97 Å². The molecule has 0 aliphatic rings. The Morgan fingerprint density at radius 3 is 2.57 bits per heavy atom. The van der Waals surface area contributed by atoms with Crippen LogP contribution in [-0.2, 0) is 6.54 Å². The Bertz CT molecular complexity index is 595. The topological polar surface area (TPSA) is 49.8 Å². The third-order valence-corrected chi connectivity index (χ3v) is 3.40. The molecule has 112 valence electrons. The summed E-state index contributed by atoms with van der Waals surface area (Å²) in [5.74, 6) is 2.51. The highest BCUT2D eigenvalue weighted by Crippen LogP contribution is 2.14. The Labute approximate surface area is 127 Å². The molecule has 1 atom stereocenters. The fraction of sp³-hybridized carbons (Fsp3) is 0.412. The Hall–Kier alpha value is -2.10. The van der Waals surface area contributed by atoms with Gasteiger partial charge < -0.3 is 10.6 Å². The van der Waals surface area contributed by atoms with Gasteiger partial charge in [-0.15, -0.1) is 0 Å². The quantitative estimate of drug-likeness (QED) is 0.844. The van der Waals surface area contributed by atoms with Gasteiger partial charge in [0.15, 0.2) is 0 Å². The lowest BCUT2D eigenvalue weighted by Crippen LogP contribution is -2.15. The molecule has 1 heterocycles. The highest BCUT2D eigenvalue weighted by molar-refractivity contribution is 5.48. The van der Waals surface area contributed by atoms with Crippen LogP contribution in [0.2, 0.25) is 0 Å². The van der Waals surface area contributed by atoms with E-state index in [2.05, 4.69) is 65.6 Å². The summed E-state index contributed by atoms with van der Waals surface area (Å²) in [5, 5.41) is 6.76. The summed E-state index contributed by atoms with van der Waals surface area (Å²) in [6, 6.07) is 10.9. The van der Waals surface area contributed by atoms with E-state index in [-0.39, 0.29) is 0 Å². The van der Waals surface area contributed by atoms with Gasteiger partial charge in [0.2, 0.25) is 0 Å². The smallest absolute Gasteiger partial charge is 0.132 e. The molecule has 0 aliphatic carbocycles. The first-order chi connectivity index (χ1) is 10.1. The molecule has 0 spiro atoms. The maximum atomic E-state index is 4.44. The van der Waals surface area contributed by atoms with E-state index in [9.17, 15) is 0 Å². The molecule has 4 heteroatoms.